The van der Waals surface area contributed by atoms with Crippen LogP contribution in [0, 0.1) is 4.91 Å². The van der Waals surface area contributed by atoms with Gasteiger partial charge in [-0.25, -0.2) is 0 Å². The summed E-state index contributed by atoms with van der Waals surface area (Å²) >= 11 is 1.53. The third kappa shape index (κ3) is 3.23. The minimum Gasteiger partial charge on any atom is -0.355 e. The summed E-state index contributed by atoms with van der Waals surface area (Å²) < 4.78 is 0. The predicted molar refractivity (Wildman–Crippen MR) is 48.4 cm³/mol. The highest BCUT2D eigenvalue weighted by Gasteiger charge is 2.15. The summed E-state index contributed by atoms with van der Waals surface area (Å²) in [6.07, 6.45) is 4.75. The summed E-state index contributed by atoms with van der Waals surface area (Å²) in [5, 5.41) is 2.37. The molecule has 11 heavy (non-hydrogen) atoms. The van der Waals surface area contributed by atoms with Crippen LogP contribution in [-0.4, -0.2) is 17.6 Å². The van der Waals surface area contributed by atoms with Gasteiger partial charge >= 0.3 is 0 Å². The number of hydrogen-bond acceptors (Lipinski definition) is 4. The van der Waals surface area contributed by atoms with Crippen LogP contribution in [0.25, 0.3) is 0 Å². The number of rotatable bonds is 6. The molecule has 0 radical (unpaired) electrons. The maximum Gasteiger partial charge on any atom is 0.164 e. The second-order valence-corrected chi connectivity index (χ2v) is 2.83. The van der Waals surface area contributed by atoms with Gasteiger partial charge in [-0.3, -0.25) is 0 Å². The van der Waals surface area contributed by atoms with Crippen LogP contribution >= 0.6 is 11.8 Å². The molecule has 0 aliphatic heterocycles. The van der Waals surface area contributed by atoms with Crippen molar-refractivity contribution in [1.29, 1.82) is 0 Å². The van der Waals surface area contributed by atoms with Crippen LogP contribution in [0.2, 0.25) is 0 Å². The van der Waals surface area contributed by atoms with E-state index < -0.39 is 0 Å². The van der Waals surface area contributed by atoms with E-state index in [0.29, 0.717) is 0 Å². The summed E-state index contributed by atoms with van der Waals surface area (Å²) in [4.78, 5) is 14.2. The molecule has 0 aliphatic rings. The quantitative estimate of drug-likeness (QED) is 0.351. The maximum absolute atomic E-state index is 9.75. The molecule has 0 heterocycles. The summed E-state index contributed by atoms with van der Waals surface area (Å²) in [6.45, 7) is 7.10. The minimum absolute atomic E-state index is 0.0326. The number of thioether (sulfide) groups is 1. The second-order valence-electron chi connectivity index (χ2n) is 1.82. The Morgan fingerprint density at radius 2 is 2.18 bits per heavy atom. The van der Waals surface area contributed by atoms with Crippen LogP contribution in [-0.2, 0) is 4.84 Å². The van der Waals surface area contributed by atoms with Gasteiger partial charge in [-0.1, -0.05) is 12.7 Å². The largest absolute Gasteiger partial charge is 0.355 e. The Morgan fingerprint density at radius 1 is 1.55 bits per heavy atom. The minimum atomic E-state index is -0.375. The lowest BCUT2D eigenvalue weighted by Crippen LogP contribution is -2.19. The molecule has 3 nitrogen and oxygen atoms in total. The SMILES string of the molecule is C=CC(ON=O)C(C=C)SC. The molecule has 0 aliphatic carbocycles. The van der Waals surface area contributed by atoms with Gasteiger partial charge in [0.25, 0.3) is 0 Å². The zero-order valence-corrected chi connectivity index (χ0v) is 7.21. The Balaban J connectivity index is 4.06. The van der Waals surface area contributed by atoms with E-state index in [9.17, 15) is 4.91 Å². The summed E-state index contributed by atoms with van der Waals surface area (Å²) in [5.74, 6) is 0. The molecule has 62 valence electrons. The average molecular weight is 173 g/mol. The molecule has 0 aromatic heterocycles. The van der Waals surface area contributed by atoms with Gasteiger partial charge in [-0.2, -0.15) is 11.8 Å². The Kier molecular flexibility index (Phi) is 5.56. The Bertz CT molecular complexity index is 149. The highest BCUT2D eigenvalue weighted by atomic mass is 32.2. The van der Waals surface area contributed by atoms with Crippen molar-refractivity contribution in [3.05, 3.63) is 30.2 Å². The zero-order chi connectivity index (χ0) is 8.69. The first-order valence-corrected chi connectivity index (χ1v) is 4.35. The fraction of sp³-hybridized carbons (Fsp3) is 0.429. The lowest BCUT2D eigenvalue weighted by molar-refractivity contribution is 0.0942. The van der Waals surface area contributed by atoms with Gasteiger partial charge in [-0.15, -0.1) is 11.5 Å². The lowest BCUT2D eigenvalue weighted by atomic mass is 10.2. The molecule has 0 aromatic carbocycles. The molecule has 0 amide bonds. The van der Waals surface area contributed by atoms with E-state index in [1.165, 1.54) is 17.8 Å². The molecule has 0 saturated carbocycles. The second kappa shape index (κ2) is 5.97. The van der Waals surface area contributed by atoms with Crippen molar-refractivity contribution in [1.82, 2.24) is 0 Å². The van der Waals surface area contributed by atoms with Crippen LogP contribution in [0.5, 0.6) is 0 Å². The molecule has 0 saturated heterocycles. The van der Waals surface area contributed by atoms with Gasteiger partial charge in [0.05, 0.1) is 5.25 Å². The number of nitrogens with zero attached hydrogens (tertiary/aromatic N) is 1. The molecule has 0 N–H and O–H groups in total. The Hall–Kier alpha value is -0.770. The highest BCUT2D eigenvalue weighted by molar-refractivity contribution is 7.99. The molecule has 4 heteroatoms. The van der Waals surface area contributed by atoms with Gasteiger partial charge < -0.3 is 4.84 Å². The van der Waals surface area contributed by atoms with Crippen LogP contribution in [0.15, 0.2) is 30.7 Å². The Morgan fingerprint density at radius 3 is 2.45 bits per heavy atom. The van der Waals surface area contributed by atoms with Crippen LogP contribution in [0.3, 0.4) is 0 Å². The normalized spacial score (nSPS) is 14.6. The molecule has 0 spiro atoms. The third-order valence-electron chi connectivity index (χ3n) is 1.23. The molecule has 0 rings (SSSR count). The summed E-state index contributed by atoms with van der Waals surface area (Å²) in [5.41, 5.74) is 0. The van der Waals surface area contributed by atoms with E-state index in [4.69, 9.17) is 0 Å². The first-order valence-electron chi connectivity index (χ1n) is 3.06. The molecular formula is C7H11NO2S. The standard InChI is InChI=1S/C7H11NO2S/c1-4-6(10-8-9)7(5-2)11-3/h4-7H,1-2H2,3H3. The third-order valence-corrected chi connectivity index (χ3v) is 2.23. The van der Waals surface area contributed by atoms with Crippen molar-refractivity contribution >= 4 is 11.8 Å². The van der Waals surface area contributed by atoms with Crippen molar-refractivity contribution in [3.8, 4) is 0 Å². The van der Waals surface area contributed by atoms with Gasteiger partial charge in [0.2, 0.25) is 0 Å². The molecular weight excluding hydrogens is 162 g/mol. The van der Waals surface area contributed by atoms with Crippen LogP contribution < -0.4 is 0 Å². The van der Waals surface area contributed by atoms with E-state index in [-0.39, 0.29) is 11.4 Å². The first-order chi connectivity index (χ1) is 5.29. The first kappa shape index (κ1) is 10.2. The molecule has 2 unspecified atom stereocenters. The smallest absolute Gasteiger partial charge is 0.164 e. The van der Waals surface area contributed by atoms with Crippen molar-refractivity contribution in [3.63, 3.8) is 0 Å². The Labute approximate surface area is 70.4 Å². The number of hydrogen-bond donors (Lipinski definition) is 0. The summed E-state index contributed by atoms with van der Waals surface area (Å²) in [6, 6.07) is 0. The molecule has 0 aromatic rings. The van der Waals surface area contributed by atoms with E-state index in [1.54, 1.807) is 6.08 Å². The van der Waals surface area contributed by atoms with Gasteiger partial charge in [0, 0.05) is 0 Å². The fourth-order valence-electron chi connectivity index (χ4n) is 0.651. The van der Waals surface area contributed by atoms with Gasteiger partial charge in [-0.05, 0) is 12.3 Å². The predicted octanol–water partition coefficient (Wildman–Crippen LogP) is 2.16. The fourth-order valence-corrected chi connectivity index (χ4v) is 1.27. The van der Waals surface area contributed by atoms with Crippen molar-refractivity contribution in [2.45, 2.75) is 11.4 Å². The highest BCUT2D eigenvalue weighted by Crippen LogP contribution is 2.16. The lowest BCUT2D eigenvalue weighted by Gasteiger charge is -2.14. The average Bonchev–Trinajstić information content (AvgIpc) is 2.05. The molecule has 2 atom stereocenters. The van der Waals surface area contributed by atoms with E-state index in [2.05, 4.69) is 23.3 Å². The molecule has 0 fully saturated rings. The van der Waals surface area contributed by atoms with Gasteiger partial charge in [0.15, 0.2) is 11.4 Å². The van der Waals surface area contributed by atoms with Crippen LogP contribution in [0.1, 0.15) is 0 Å². The van der Waals surface area contributed by atoms with Crippen LogP contribution in [0.4, 0.5) is 0 Å². The van der Waals surface area contributed by atoms with Crippen molar-refractivity contribution in [2.75, 3.05) is 6.26 Å². The topological polar surface area (TPSA) is 38.7 Å². The monoisotopic (exact) mass is 173 g/mol. The van der Waals surface area contributed by atoms with Crippen molar-refractivity contribution in [2.24, 2.45) is 5.34 Å². The van der Waals surface area contributed by atoms with E-state index in [0.717, 1.165) is 0 Å². The molecule has 0 bridgehead atoms. The van der Waals surface area contributed by atoms with Crippen molar-refractivity contribution < 1.29 is 4.84 Å². The van der Waals surface area contributed by atoms with Gasteiger partial charge in [0.1, 0.15) is 0 Å². The summed E-state index contributed by atoms with van der Waals surface area (Å²) in [7, 11) is 0. The van der Waals surface area contributed by atoms with E-state index >= 15 is 0 Å². The van der Waals surface area contributed by atoms with E-state index in [1.807, 2.05) is 6.26 Å². The zero-order valence-electron chi connectivity index (χ0n) is 6.40. The maximum atomic E-state index is 9.75.